The van der Waals surface area contributed by atoms with Gasteiger partial charge in [-0.25, -0.2) is 0 Å². The molecule has 0 atom stereocenters. The van der Waals surface area contributed by atoms with Crippen LogP contribution in [0.2, 0.25) is 0 Å². The number of carbonyl (C=O) groups excluding carboxylic acids is 1. The Hall–Kier alpha value is -2.33. The summed E-state index contributed by atoms with van der Waals surface area (Å²) in [5, 5.41) is 2.97. The lowest BCUT2D eigenvalue weighted by Crippen LogP contribution is -3.08. The quantitative estimate of drug-likeness (QED) is 0.764. The average molecular weight is 353 g/mol. The predicted octanol–water partition coefficient (Wildman–Crippen LogP) is 2.26. The van der Waals surface area contributed by atoms with Crippen LogP contribution in [0, 0.1) is 6.92 Å². The molecule has 1 saturated heterocycles. The third-order valence-corrected chi connectivity index (χ3v) is 4.96. The third kappa shape index (κ3) is 5.60. The van der Waals surface area contributed by atoms with Crippen LogP contribution in [0.5, 0.6) is 5.75 Å². The van der Waals surface area contributed by atoms with Crippen LogP contribution < -0.4 is 15.0 Å². The van der Waals surface area contributed by atoms with Crippen LogP contribution in [0.25, 0.3) is 0 Å². The lowest BCUT2D eigenvalue weighted by atomic mass is 10.1. The van der Waals surface area contributed by atoms with Gasteiger partial charge in [0.25, 0.3) is 0 Å². The fraction of sp³-hybridized carbons (Fsp3) is 0.409. The van der Waals surface area contributed by atoms with Crippen molar-refractivity contribution in [2.75, 3.05) is 19.7 Å². The number of amides is 1. The van der Waals surface area contributed by atoms with Gasteiger partial charge in [-0.2, -0.15) is 0 Å². The topological polar surface area (TPSA) is 42.8 Å². The lowest BCUT2D eigenvalue weighted by Gasteiger charge is -2.12. The Bertz CT molecular complexity index is 706. The molecule has 0 unspecified atom stereocenters. The number of aryl methyl sites for hydroxylation is 1. The molecule has 4 nitrogen and oxygen atoms in total. The molecule has 0 spiro atoms. The molecule has 2 aromatic rings. The minimum Gasteiger partial charge on any atom is -0.493 e. The van der Waals surface area contributed by atoms with Crippen molar-refractivity contribution >= 4 is 5.91 Å². The van der Waals surface area contributed by atoms with E-state index in [1.165, 1.54) is 31.5 Å². The summed E-state index contributed by atoms with van der Waals surface area (Å²) in [5.74, 6) is 0.861. The van der Waals surface area contributed by atoms with E-state index in [1.54, 1.807) is 4.90 Å². The van der Waals surface area contributed by atoms with Gasteiger partial charge in [0.2, 0.25) is 5.91 Å². The Labute approximate surface area is 156 Å². The summed E-state index contributed by atoms with van der Waals surface area (Å²) < 4.78 is 5.68. The van der Waals surface area contributed by atoms with Gasteiger partial charge in [0.1, 0.15) is 12.3 Å². The Kier molecular flexibility index (Phi) is 6.67. The van der Waals surface area contributed by atoms with E-state index in [0.717, 1.165) is 23.4 Å². The number of nitrogens with one attached hydrogen (secondary N) is 2. The molecule has 0 aromatic heterocycles. The lowest BCUT2D eigenvalue weighted by molar-refractivity contribution is -0.901. The Morgan fingerprint density at radius 3 is 2.46 bits per heavy atom. The normalized spacial score (nSPS) is 14.3. The van der Waals surface area contributed by atoms with Crippen LogP contribution in [0.15, 0.2) is 48.5 Å². The van der Waals surface area contributed by atoms with Gasteiger partial charge in [-0.1, -0.05) is 42.5 Å². The molecule has 4 heteroatoms. The van der Waals surface area contributed by atoms with Crippen LogP contribution >= 0.6 is 0 Å². The Balaban J connectivity index is 1.36. The van der Waals surface area contributed by atoms with Gasteiger partial charge in [0.05, 0.1) is 26.1 Å². The highest BCUT2D eigenvalue weighted by atomic mass is 16.5. The van der Waals surface area contributed by atoms with Crippen molar-refractivity contribution in [3.63, 3.8) is 0 Å². The third-order valence-electron chi connectivity index (χ3n) is 4.96. The van der Waals surface area contributed by atoms with Gasteiger partial charge >= 0.3 is 0 Å². The monoisotopic (exact) mass is 353 g/mol. The fourth-order valence-electron chi connectivity index (χ4n) is 3.38. The molecule has 2 N–H and O–H groups in total. The fourth-order valence-corrected chi connectivity index (χ4v) is 3.38. The highest BCUT2D eigenvalue weighted by molar-refractivity contribution is 5.76. The Morgan fingerprint density at radius 2 is 1.73 bits per heavy atom. The van der Waals surface area contributed by atoms with Crippen LogP contribution in [0.1, 0.15) is 36.0 Å². The number of benzene rings is 2. The number of rotatable bonds is 8. The van der Waals surface area contributed by atoms with Gasteiger partial charge in [-0.3, -0.25) is 4.79 Å². The van der Waals surface area contributed by atoms with Crippen molar-refractivity contribution < 1.29 is 14.4 Å². The number of quaternary nitrogens is 1. The molecular formula is C22H29N2O2+. The van der Waals surface area contributed by atoms with Crippen molar-refractivity contribution in [1.82, 2.24) is 5.32 Å². The maximum atomic E-state index is 12.0. The second-order valence-corrected chi connectivity index (χ2v) is 7.09. The van der Waals surface area contributed by atoms with E-state index in [2.05, 4.69) is 29.6 Å². The van der Waals surface area contributed by atoms with Crippen LogP contribution in [-0.4, -0.2) is 25.6 Å². The summed E-state index contributed by atoms with van der Waals surface area (Å²) in [6.07, 6.45) is 3.07. The molecule has 0 bridgehead atoms. The first-order valence-electron chi connectivity index (χ1n) is 9.57. The largest absolute Gasteiger partial charge is 0.493 e. The zero-order valence-electron chi connectivity index (χ0n) is 15.6. The van der Waals surface area contributed by atoms with Gasteiger partial charge < -0.3 is 15.0 Å². The number of hydrogen-bond acceptors (Lipinski definition) is 2. The standard InChI is InChI=1S/C22H28N2O2/c1-18-6-2-3-7-21(18)26-15-12-22(25)23-16-19-8-10-20(11-9-19)17-24-13-4-5-14-24/h2-3,6-11H,4-5,12-17H2,1H3,(H,23,25)/p+1. The molecule has 1 aliphatic heterocycles. The highest BCUT2D eigenvalue weighted by Gasteiger charge is 2.15. The van der Waals surface area contributed by atoms with E-state index < -0.39 is 0 Å². The van der Waals surface area contributed by atoms with Crippen molar-refractivity contribution in [1.29, 1.82) is 0 Å². The SMILES string of the molecule is Cc1ccccc1OCCC(=O)NCc1ccc(C[NH+]2CCCC2)cc1. The first kappa shape index (κ1) is 18.5. The van der Waals surface area contributed by atoms with E-state index in [9.17, 15) is 4.79 Å². The van der Waals surface area contributed by atoms with Crippen molar-refractivity contribution in [3.8, 4) is 5.75 Å². The summed E-state index contributed by atoms with van der Waals surface area (Å²) in [5.41, 5.74) is 3.60. The summed E-state index contributed by atoms with van der Waals surface area (Å²) in [4.78, 5) is 13.7. The van der Waals surface area contributed by atoms with Crippen molar-refractivity contribution in [2.24, 2.45) is 0 Å². The maximum absolute atomic E-state index is 12.0. The minimum atomic E-state index is 0.0178. The molecule has 1 heterocycles. The number of ether oxygens (including phenoxy) is 1. The number of carbonyl (C=O) groups is 1. The minimum absolute atomic E-state index is 0.0178. The van der Waals surface area contributed by atoms with Gasteiger partial charge in [0, 0.05) is 24.9 Å². The Morgan fingerprint density at radius 1 is 1.04 bits per heavy atom. The molecular weight excluding hydrogens is 324 g/mol. The summed E-state index contributed by atoms with van der Waals surface area (Å²) in [7, 11) is 0. The second-order valence-electron chi connectivity index (χ2n) is 7.09. The van der Waals surface area contributed by atoms with E-state index in [-0.39, 0.29) is 5.91 Å². The summed E-state index contributed by atoms with van der Waals surface area (Å²) in [6.45, 7) is 6.67. The first-order valence-corrected chi connectivity index (χ1v) is 9.57. The van der Waals surface area contributed by atoms with Crippen LogP contribution in [0.4, 0.5) is 0 Å². The van der Waals surface area contributed by atoms with Gasteiger partial charge in [-0.05, 0) is 24.1 Å². The molecule has 1 aliphatic rings. The average Bonchev–Trinajstić information content (AvgIpc) is 3.16. The maximum Gasteiger partial charge on any atom is 0.223 e. The predicted molar refractivity (Wildman–Crippen MR) is 103 cm³/mol. The van der Waals surface area contributed by atoms with E-state index in [1.807, 2.05) is 31.2 Å². The van der Waals surface area contributed by atoms with Crippen LogP contribution in [0.3, 0.4) is 0 Å². The van der Waals surface area contributed by atoms with Gasteiger partial charge in [0.15, 0.2) is 0 Å². The van der Waals surface area contributed by atoms with Crippen molar-refractivity contribution in [3.05, 3.63) is 65.2 Å². The molecule has 1 amide bonds. The first-order chi connectivity index (χ1) is 12.7. The molecule has 0 saturated carbocycles. The van der Waals surface area contributed by atoms with Gasteiger partial charge in [-0.15, -0.1) is 0 Å². The van der Waals surface area contributed by atoms with E-state index >= 15 is 0 Å². The number of likely N-dealkylation sites (tertiary alicyclic amines) is 1. The molecule has 138 valence electrons. The zero-order chi connectivity index (χ0) is 18.2. The molecule has 0 radical (unpaired) electrons. The van der Waals surface area contributed by atoms with Crippen LogP contribution in [-0.2, 0) is 17.9 Å². The molecule has 26 heavy (non-hydrogen) atoms. The summed E-state index contributed by atoms with van der Waals surface area (Å²) in [6, 6.07) is 16.5. The summed E-state index contributed by atoms with van der Waals surface area (Å²) >= 11 is 0. The highest BCUT2D eigenvalue weighted by Crippen LogP contribution is 2.16. The number of hydrogen-bond donors (Lipinski definition) is 2. The second kappa shape index (κ2) is 9.39. The smallest absolute Gasteiger partial charge is 0.223 e. The molecule has 1 fully saturated rings. The van der Waals surface area contributed by atoms with E-state index in [4.69, 9.17) is 4.74 Å². The molecule has 3 rings (SSSR count). The zero-order valence-corrected chi connectivity index (χ0v) is 15.6. The molecule has 2 aromatic carbocycles. The van der Waals surface area contributed by atoms with Crippen molar-refractivity contribution in [2.45, 2.75) is 39.3 Å². The number of para-hydroxylation sites is 1. The molecule has 0 aliphatic carbocycles. The van der Waals surface area contributed by atoms with E-state index in [0.29, 0.717) is 19.6 Å².